The van der Waals surface area contributed by atoms with Crippen molar-refractivity contribution in [2.24, 2.45) is 11.8 Å². The molecule has 8 rings (SSSR count). The third-order valence-electron chi connectivity index (χ3n) is 16.7. The first-order valence-corrected chi connectivity index (χ1v) is 28.1. The van der Waals surface area contributed by atoms with E-state index in [9.17, 15) is 60.0 Å². The quantitative estimate of drug-likeness (QED) is 0.0593. The molecule has 6 aliphatic rings. The Bertz CT molecular complexity index is 2650. The summed E-state index contributed by atoms with van der Waals surface area (Å²) >= 11 is 0. The number of aliphatic hydroxyl groups excluding tert-OH is 5. The number of methoxy groups -OCH3 is 1. The summed E-state index contributed by atoms with van der Waals surface area (Å²) in [7, 11) is 1.46. The van der Waals surface area contributed by atoms with Crippen molar-refractivity contribution in [2.75, 3.05) is 7.11 Å². The fraction of sp³-hybridized carbons (Fsp3) is 0.737. The number of ketones is 2. The molecule has 2 aromatic carbocycles. The molecule has 8 N–H and O–H groups in total. The summed E-state index contributed by atoms with van der Waals surface area (Å²) in [4.78, 5) is 66.1. The van der Waals surface area contributed by atoms with Gasteiger partial charge in [-0.05, 0) is 84.9 Å². The first kappa shape index (κ1) is 64.4. The summed E-state index contributed by atoms with van der Waals surface area (Å²) in [6.07, 6.45) is -24.9. The number of aliphatic hydroxyl groups is 6. The number of Topliss-reactive ketones (excluding diaryl/α,β-unsaturated/α-hetero) is 2. The number of hydrogen-bond donors (Lipinski definition) is 8. The number of ether oxygens (including phenoxy) is 13. The van der Waals surface area contributed by atoms with Crippen LogP contribution in [0.15, 0.2) is 12.1 Å². The molecule has 0 radical (unpaired) electrons. The number of carbonyl (C=O) groups is 5. The van der Waals surface area contributed by atoms with Gasteiger partial charge in [0.15, 0.2) is 48.9 Å². The fourth-order valence-electron chi connectivity index (χ4n) is 12.4. The van der Waals surface area contributed by atoms with Crippen LogP contribution in [0.25, 0.3) is 10.8 Å². The van der Waals surface area contributed by atoms with Gasteiger partial charge in [-0.3, -0.25) is 19.2 Å². The van der Waals surface area contributed by atoms with E-state index in [-0.39, 0.29) is 78.0 Å². The molecule has 5 saturated heterocycles. The van der Waals surface area contributed by atoms with Gasteiger partial charge in [-0.1, -0.05) is 0 Å². The van der Waals surface area contributed by atoms with Crippen LogP contribution in [0.4, 0.5) is 0 Å². The first-order valence-electron chi connectivity index (χ1n) is 28.1. The Morgan fingerprint density at radius 3 is 1.81 bits per heavy atom. The summed E-state index contributed by atoms with van der Waals surface area (Å²) in [6, 6.07) is 2.94. The van der Waals surface area contributed by atoms with Gasteiger partial charge in [-0.2, -0.15) is 0 Å². The summed E-state index contributed by atoms with van der Waals surface area (Å²) in [5, 5.41) is 89.7. The highest BCUT2D eigenvalue weighted by molar-refractivity contribution is 6.11. The topological polar surface area (TPSA) is 367 Å². The number of rotatable bonds is 18. The first-order chi connectivity index (χ1) is 39.0. The van der Waals surface area contributed by atoms with E-state index >= 15 is 4.79 Å². The molecule has 5 fully saturated rings. The predicted octanol–water partition coefficient (Wildman–Crippen LogP) is 1.35. The van der Waals surface area contributed by atoms with Crippen LogP contribution >= 0.6 is 0 Å². The third kappa shape index (κ3) is 13.8. The highest BCUT2D eigenvalue weighted by Crippen LogP contribution is 2.48. The molecule has 26 nitrogen and oxygen atoms in total. The number of benzene rings is 2. The Balaban J connectivity index is 1.04. The van der Waals surface area contributed by atoms with Crippen LogP contribution < -0.4 is 4.74 Å². The maximum Gasteiger partial charge on any atom is 0.303 e. The van der Waals surface area contributed by atoms with Crippen LogP contribution in [-0.2, 0) is 82.4 Å². The Morgan fingerprint density at radius 2 is 1.24 bits per heavy atom. The van der Waals surface area contributed by atoms with Crippen LogP contribution in [0.2, 0.25) is 0 Å². The molecule has 0 amide bonds. The zero-order chi connectivity index (χ0) is 60.8. The summed E-state index contributed by atoms with van der Waals surface area (Å²) in [6.45, 7) is 14.6. The van der Waals surface area contributed by atoms with Gasteiger partial charge in [0.1, 0.15) is 65.8 Å². The summed E-state index contributed by atoms with van der Waals surface area (Å²) < 4.78 is 78.2. The highest BCUT2D eigenvalue weighted by Gasteiger charge is 2.52. The summed E-state index contributed by atoms with van der Waals surface area (Å²) in [5.74, 6) is -7.62. The van der Waals surface area contributed by atoms with Crippen molar-refractivity contribution in [3.8, 4) is 17.2 Å². The lowest BCUT2D eigenvalue weighted by molar-refractivity contribution is -0.334. The minimum Gasteiger partial charge on any atom is -0.507 e. The van der Waals surface area contributed by atoms with E-state index in [1.807, 2.05) is 0 Å². The highest BCUT2D eigenvalue weighted by atomic mass is 16.7. The zero-order valence-electron chi connectivity index (χ0n) is 48.3. The molecule has 1 aliphatic carbocycles. The van der Waals surface area contributed by atoms with E-state index in [4.69, 9.17) is 61.6 Å². The van der Waals surface area contributed by atoms with E-state index in [1.165, 1.54) is 53.9 Å². The van der Waals surface area contributed by atoms with Gasteiger partial charge in [0, 0.05) is 64.5 Å². The van der Waals surface area contributed by atoms with Gasteiger partial charge in [-0.15, -0.1) is 0 Å². The molecular formula is C57H80O26. The molecule has 0 aromatic heterocycles. The number of hydrogen-bond acceptors (Lipinski definition) is 26. The Labute approximate surface area is 479 Å². The van der Waals surface area contributed by atoms with Crippen molar-refractivity contribution in [1.82, 2.24) is 0 Å². The second kappa shape index (κ2) is 26.2. The minimum atomic E-state index is -2.07. The molecule has 464 valence electrons. The van der Waals surface area contributed by atoms with E-state index in [2.05, 4.69) is 0 Å². The SMILES string of the molecule is COC1C(O)CC(OC2CC(Oc3cc4cc5c(c(O)c4c(O)c3C)C(=O)[C@@H](OC3CC(OC4CC(OC6CC(C)(O)C(OC(C)=O)C(C)O6)C(O)C(C)O4)C(O)C(C)O3)[C@H]([C@H](C=O)C(=O)[C@@H](O)[C@@H](C)O)C5)OC(C)C2OC(C)=O)OC1C. The Hall–Kier alpha value is -4.59. The minimum absolute atomic E-state index is 0.0419. The lowest BCUT2D eigenvalue weighted by Crippen LogP contribution is -2.59. The van der Waals surface area contributed by atoms with Gasteiger partial charge in [-0.25, -0.2) is 0 Å². The normalized spacial score (nSPS) is 39.7. The van der Waals surface area contributed by atoms with Crippen LogP contribution in [0, 0.1) is 18.8 Å². The molecule has 83 heavy (non-hydrogen) atoms. The van der Waals surface area contributed by atoms with Crippen LogP contribution in [-0.4, -0.2) is 219 Å². The van der Waals surface area contributed by atoms with Crippen molar-refractivity contribution < 1.29 is 126 Å². The standard InChI is InChI=1S/C57H80O26/c1-21-35(79-41-18-38(54(26(6)75-41)77-28(8)60)82-39-15-34(62)53(71-11)25(5)74-39)14-31-12-30-13-32(33(20-58)50(67)47(64)22(2)59)55(52(69)45(30)51(68)44(31)46(21)63)83-42-17-36(48(65)24(4)73-42)80-40-16-37(49(66)23(3)72-40)81-43-19-57(10,70)56(27(7)76-43)78-29(9)61/h12,14,20,22-27,32-34,36-43,47-49,53-56,59,62-66,68,70H,13,15-19H2,1-11H3/t22-,23?,24?,25?,26?,27?,32+,33+,34?,36?,37?,38?,39?,40?,41?,42?,43?,47+,48?,49?,53?,54?,55+,56?,57?/m1/s1. The van der Waals surface area contributed by atoms with Crippen molar-refractivity contribution in [3.63, 3.8) is 0 Å². The van der Waals surface area contributed by atoms with Gasteiger partial charge in [0.25, 0.3) is 0 Å². The van der Waals surface area contributed by atoms with Crippen molar-refractivity contribution in [2.45, 2.75) is 249 Å². The van der Waals surface area contributed by atoms with Crippen molar-refractivity contribution >= 4 is 40.6 Å². The van der Waals surface area contributed by atoms with Crippen LogP contribution in [0.1, 0.15) is 116 Å². The number of esters is 2. The average Bonchev–Trinajstić information content (AvgIpc) is 3.47. The number of carbonyl (C=O) groups excluding carboxylic acids is 5. The number of aldehydes is 1. The van der Waals surface area contributed by atoms with Crippen molar-refractivity contribution in [3.05, 3.63) is 28.8 Å². The van der Waals surface area contributed by atoms with Gasteiger partial charge in [0.2, 0.25) is 6.29 Å². The van der Waals surface area contributed by atoms with Gasteiger partial charge >= 0.3 is 11.9 Å². The number of fused-ring (bicyclic) bond motifs is 2. The molecule has 0 bridgehead atoms. The second-order valence-corrected chi connectivity index (χ2v) is 23.1. The molecule has 25 atom stereocenters. The van der Waals surface area contributed by atoms with Crippen LogP contribution in [0.3, 0.4) is 0 Å². The third-order valence-corrected chi connectivity index (χ3v) is 16.7. The van der Waals surface area contributed by atoms with E-state index in [0.29, 0.717) is 0 Å². The van der Waals surface area contributed by atoms with E-state index < -0.39 is 188 Å². The average molecular weight is 1180 g/mol. The predicted molar refractivity (Wildman–Crippen MR) is 281 cm³/mol. The molecule has 5 aliphatic heterocycles. The van der Waals surface area contributed by atoms with Gasteiger partial charge in [0.05, 0.1) is 71.8 Å². The lowest BCUT2D eigenvalue weighted by atomic mass is 9.71. The van der Waals surface area contributed by atoms with E-state index in [1.54, 1.807) is 27.7 Å². The maximum absolute atomic E-state index is 15.1. The molecule has 5 heterocycles. The monoisotopic (exact) mass is 1180 g/mol. The van der Waals surface area contributed by atoms with E-state index in [0.717, 1.165) is 6.92 Å². The molecule has 2 aromatic rings. The Morgan fingerprint density at radius 1 is 0.711 bits per heavy atom. The molecule has 20 unspecified atom stereocenters. The molecular weight excluding hydrogens is 1100 g/mol. The number of phenolic OH excluding ortho intramolecular Hbond substituents is 2. The number of phenols is 2. The lowest BCUT2D eigenvalue weighted by Gasteiger charge is -2.46. The largest absolute Gasteiger partial charge is 0.507 e. The Kier molecular flexibility index (Phi) is 20.3. The maximum atomic E-state index is 15.1. The number of aromatic hydroxyl groups is 2. The molecule has 0 saturated carbocycles. The summed E-state index contributed by atoms with van der Waals surface area (Å²) in [5.41, 5.74) is -1.69. The van der Waals surface area contributed by atoms with Crippen LogP contribution in [0.5, 0.6) is 17.2 Å². The van der Waals surface area contributed by atoms with Gasteiger partial charge < -0.3 is 107 Å². The smallest absolute Gasteiger partial charge is 0.303 e. The fourth-order valence-corrected chi connectivity index (χ4v) is 12.4. The molecule has 26 heteroatoms. The zero-order valence-corrected chi connectivity index (χ0v) is 48.3. The second-order valence-electron chi connectivity index (χ2n) is 23.1. The molecule has 0 spiro atoms. The van der Waals surface area contributed by atoms with Crippen molar-refractivity contribution in [1.29, 1.82) is 0 Å².